The van der Waals surface area contributed by atoms with Crippen LogP contribution in [-0.4, -0.2) is 11.1 Å². The summed E-state index contributed by atoms with van der Waals surface area (Å²) in [5.41, 5.74) is 0.544. The van der Waals surface area contributed by atoms with Gasteiger partial charge in [-0.3, -0.25) is 0 Å². The van der Waals surface area contributed by atoms with Crippen LogP contribution in [0.3, 0.4) is 0 Å². The van der Waals surface area contributed by atoms with Crippen molar-refractivity contribution in [2.24, 2.45) is 0 Å². The molecule has 0 aromatic heterocycles. The van der Waals surface area contributed by atoms with E-state index in [1.165, 1.54) is 12.2 Å². The molecule has 1 N–H and O–H groups in total. The Kier molecular flexibility index (Phi) is 4.26. The van der Waals surface area contributed by atoms with Gasteiger partial charge >= 0.3 is 5.97 Å². The minimum Gasteiger partial charge on any atom is -0.472 e. The van der Waals surface area contributed by atoms with Crippen LogP contribution in [0.1, 0.15) is 0 Å². The number of carbonyl (C=O) groups is 1. The van der Waals surface area contributed by atoms with Crippen LogP contribution < -0.4 is 0 Å². The summed E-state index contributed by atoms with van der Waals surface area (Å²) in [6.07, 6.45) is 4.58. The normalized spacial score (nSPS) is 9.27. The molecule has 0 saturated carbocycles. The van der Waals surface area contributed by atoms with E-state index >= 15 is 0 Å². The van der Waals surface area contributed by atoms with E-state index < -0.39 is 5.97 Å². The maximum atomic E-state index is 9.96. The Morgan fingerprint density at radius 2 is 2.00 bits per heavy atom. The van der Waals surface area contributed by atoms with E-state index in [1.807, 2.05) is 5.92 Å². The molecule has 0 radical (unpaired) electrons. The highest BCUT2D eigenvalue weighted by molar-refractivity contribution is 5.87. The Morgan fingerprint density at radius 1 is 1.36 bits per heavy atom. The smallest absolute Gasteiger partial charge is 0.382 e. The third-order valence-corrected chi connectivity index (χ3v) is 0.831. The molecule has 0 aromatic carbocycles. The molecule has 0 aromatic rings. The second kappa shape index (κ2) is 5.07. The van der Waals surface area contributed by atoms with E-state index in [-0.39, 0.29) is 0 Å². The molecule has 0 amide bonds. The van der Waals surface area contributed by atoms with E-state index in [0.29, 0.717) is 5.57 Å². The van der Waals surface area contributed by atoms with Gasteiger partial charge in [0.2, 0.25) is 0 Å². The summed E-state index contributed by atoms with van der Waals surface area (Å²) in [6.45, 7) is 6.88. The van der Waals surface area contributed by atoms with Crippen molar-refractivity contribution < 1.29 is 9.90 Å². The Balaban J connectivity index is 4.46. The van der Waals surface area contributed by atoms with Crippen molar-refractivity contribution in [1.82, 2.24) is 0 Å². The minimum atomic E-state index is -1.15. The van der Waals surface area contributed by atoms with Crippen molar-refractivity contribution in [3.8, 4) is 11.8 Å². The Labute approximate surface area is 65.5 Å². The quantitative estimate of drug-likeness (QED) is 0.474. The van der Waals surface area contributed by atoms with Gasteiger partial charge in [0.15, 0.2) is 0 Å². The first-order chi connectivity index (χ1) is 5.20. The number of allylic oxidation sites excluding steroid dienone is 4. The number of hydrogen-bond acceptors (Lipinski definition) is 1. The van der Waals surface area contributed by atoms with Crippen molar-refractivity contribution in [1.29, 1.82) is 0 Å². The second-order valence-electron chi connectivity index (χ2n) is 1.62. The van der Waals surface area contributed by atoms with Gasteiger partial charge in [0.05, 0.1) is 0 Å². The summed E-state index contributed by atoms with van der Waals surface area (Å²) in [5.74, 6) is 3.20. The standard InChI is InChI=1S/C9H8O2/c1-3-5-8(4-2)6-7-9(10)11/h3-5H,1-2H2,(H,10,11). The average molecular weight is 148 g/mol. The van der Waals surface area contributed by atoms with Crippen LogP contribution in [0, 0.1) is 11.8 Å². The zero-order valence-corrected chi connectivity index (χ0v) is 6.00. The average Bonchev–Trinajstić information content (AvgIpc) is 1.97. The predicted octanol–water partition coefficient (Wildman–Crippen LogP) is 1.37. The zero-order chi connectivity index (χ0) is 8.69. The number of hydrogen-bond donors (Lipinski definition) is 1. The lowest BCUT2D eigenvalue weighted by molar-refractivity contribution is -0.130. The maximum absolute atomic E-state index is 9.96. The van der Waals surface area contributed by atoms with E-state index in [2.05, 4.69) is 19.1 Å². The van der Waals surface area contributed by atoms with Crippen molar-refractivity contribution in [2.45, 2.75) is 0 Å². The van der Waals surface area contributed by atoms with Gasteiger partial charge in [-0.25, -0.2) is 4.79 Å². The first kappa shape index (κ1) is 9.25. The fourth-order valence-corrected chi connectivity index (χ4v) is 0.413. The highest BCUT2D eigenvalue weighted by Gasteiger charge is 1.84. The first-order valence-electron chi connectivity index (χ1n) is 2.90. The fourth-order valence-electron chi connectivity index (χ4n) is 0.413. The number of aliphatic carboxylic acids is 1. The third kappa shape index (κ3) is 4.73. The summed E-state index contributed by atoms with van der Waals surface area (Å²) >= 11 is 0. The van der Waals surface area contributed by atoms with Crippen LogP contribution in [-0.2, 0) is 4.79 Å². The van der Waals surface area contributed by atoms with Crippen LogP contribution in [0.25, 0.3) is 0 Å². The number of carboxylic acids is 1. The lowest BCUT2D eigenvalue weighted by Gasteiger charge is -1.82. The molecular formula is C9H8O2. The molecule has 0 heterocycles. The Bertz CT molecular complexity index is 261. The van der Waals surface area contributed by atoms with Crippen molar-refractivity contribution in [2.75, 3.05) is 0 Å². The third-order valence-electron chi connectivity index (χ3n) is 0.831. The van der Waals surface area contributed by atoms with Crippen molar-refractivity contribution >= 4 is 5.97 Å². The molecule has 2 heteroatoms. The lowest BCUT2D eigenvalue weighted by atomic mass is 10.2. The van der Waals surface area contributed by atoms with E-state index in [9.17, 15) is 4.79 Å². The van der Waals surface area contributed by atoms with Crippen molar-refractivity contribution in [3.05, 3.63) is 37.0 Å². The molecule has 56 valence electrons. The van der Waals surface area contributed by atoms with Gasteiger partial charge in [-0.15, -0.1) is 0 Å². The molecule has 2 nitrogen and oxygen atoms in total. The summed E-state index contributed by atoms with van der Waals surface area (Å²) in [4.78, 5) is 9.96. The monoisotopic (exact) mass is 148 g/mol. The summed E-state index contributed by atoms with van der Waals surface area (Å²) < 4.78 is 0. The summed E-state index contributed by atoms with van der Waals surface area (Å²) in [5, 5.41) is 8.17. The summed E-state index contributed by atoms with van der Waals surface area (Å²) in [7, 11) is 0. The molecule has 0 bridgehead atoms. The van der Waals surface area contributed by atoms with Crippen LogP contribution >= 0.6 is 0 Å². The molecular weight excluding hydrogens is 140 g/mol. The molecule has 0 aliphatic rings. The molecule has 0 atom stereocenters. The van der Waals surface area contributed by atoms with Crippen LogP contribution in [0.2, 0.25) is 0 Å². The zero-order valence-electron chi connectivity index (χ0n) is 6.00. The number of rotatable bonds is 2. The van der Waals surface area contributed by atoms with Crippen LogP contribution in [0.15, 0.2) is 37.0 Å². The summed E-state index contributed by atoms with van der Waals surface area (Å²) in [6, 6.07) is 0. The maximum Gasteiger partial charge on any atom is 0.382 e. The molecule has 0 rings (SSSR count). The first-order valence-corrected chi connectivity index (χ1v) is 2.90. The molecule has 0 unspecified atom stereocenters. The Morgan fingerprint density at radius 3 is 2.36 bits per heavy atom. The van der Waals surface area contributed by atoms with Gasteiger partial charge in [-0.05, 0) is 6.08 Å². The predicted molar refractivity (Wildman–Crippen MR) is 43.9 cm³/mol. The largest absolute Gasteiger partial charge is 0.472 e. The Hall–Kier alpha value is -1.75. The highest BCUT2D eigenvalue weighted by Crippen LogP contribution is 1.91. The van der Waals surface area contributed by atoms with Gasteiger partial charge in [0.1, 0.15) is 0 Å². The van der Waals surface area contributed by atoms with Gasteiger partial charge in [-0.2, -0.15) is 0 Å². The second-order valence-corrected chi connectivity index (χ2v) is 1.62. The number of carboxylic acid groups (broad SMARTS) is 1. The molecule has 0 fully saturated rings. The molecule has 0 saturated heterocycles. The molecule has 0 spiro atoms. The highest BCUT2D eigenvalue weighted by atomic mass is 16.4. The van der Waals surface area contributed by atoms with Gasteiger partial charge in [0, 0.05) is 11.5 Å². The van der Waals surface area contributed by atoms with Gasteiger partial charge in [-0.1, -0.05) is 31.2 Å². The topological polar surface area (TPSA) is 37.3 Å². The lowest BCUT2D eigenvalue weighted by Crippen LogP contribution is -1.86. The van der Waals surface area contributed by atoms with Crippen molar-refractivity contribution in [3.63, 3.8) is 0 Å². The van der Waals surface area contributed by atoms with E-state index in [0.717, 1.165) is 0 Å². The van der Waals surface area contributed by atoms with Gasteiger partial charge < -0.3 is 5.11 Å². The van der Waals surface area contributed by atoms with Crippen LogP contribution in [0.5, 0.6) is 0 Å². The molecule has 0 aliphatic carbocycles. The molecule has 11 heavy (non-hydrogen) atoms. The van der Waals surface area contributed by atoms with E-state index in [1.54, 1.807) is 6.08 Å². The van der Waals surface area contributed by atoms with E-state index in [4.69, 9.17) is 5.11 Å². The SMILES string of the molecule is C=CC=C(C#CC(=O)O)C=C. The van der Waals surface area contributed by atoms with Gasteiger partial charge in [0.25, 0.3) is 0 Å². The fraction of sp³-hybridized carbons (Fsp3) is 0. The molecule has 0 aliphatic heterocycles. The minimum absolute atomic E-state index is 0.544. The van der Waals surface area contributed by atoms with Crippen LogP contribution in [0.4, 0.5) is 0 Å².